The summed E-state index contributed by atoms with van der Waals surface area (Å²) in [4.78, 5) is 12.3. The second-order valence-corrected chi connectivity index (χ2v) is 7.40. The van der Waals surface area contributed by atoms with Crippen molar-refractivity contribution >= 4 is 27.7 Å². The van der Waals surface area contributed by atoms with Gasteiger partial charge in [-0.05, 0) is 48.5 Å². The monoisotopic (exact) mass is 503 g/mol. The normalized spacial score (nSPS) is 11.2. The van der Waals surface area contributed by atoms with Crippen LogP contribution in [0.4, 0.5) is 19.0 Å². The van der Waals surface area contributed by atoms with Gasteiger partial charge in [-0.1, -0.05) is 33.3 Å². The van der Waals surface area contributed by atoms with Crippen molar-refractivity contribution in [1.82, 2.24) is 30.6 Å². The minimum atomic E-state index is -4.45. The van der Waals surface area contributed by atoms with Crippen molar-refractivity contribution in [1.29, 1.82) is 0 Å². The molecule has 12 heteroatoms. The van der Waals surface area contributed by atoms with Crippen molar-refractivity contribution < 1.29 is 18.0 Å². The molecule has 0 spiro atoms. The average Bonchev–Trinajstić information content (AvgIpc) is 3.28. The van der Waals surface area contributed by atoms with E-state index in [1.54, 1.807) is 12.1 Å². The number of aromatic nitrogens is 5. The van der Waals surface area contributed by atoms with Gasteiger partial charge in [-0.2, -0.15) is 13.2 Å². The van der Waals surface area contributed by atoms with Crippen molar-refractivity contribution in [3.8, 4) is 16.9 Å². The van der Waals surface area contributed by atoms with Crippen molar-refractivity contribution in [3.05, 3.63) is 82.6 Å². The Morgan fingerprint density at radius 1 is 0.969 bits per heavy atom. The molecule has 2 heterocycles. The van der Waals surface area contributed by atoms with Crippen LogP contribution in [0.15, 0.2) is 71.3 Å². The molecule has 2 N–H and O–H groups in total. The molecule has 4 rings (SSSR count). The number of amides is 1. The molecule has 0 fully saturated rings. The Labute approximate surface area is 187 Å². The number of hydrogen-bond donors (Lipinski definition) is 2. The Hall–Kier alpha value is -3.80. The third-order valence-corrected chi connectivity index (χ3v) is 4.80. The van der Waals surface area contributed by atoms with E-state index in [2.05, 4.69) is 47.3 Å². The Balaban J connectivity index is 1.39. The van der Waals surface area contributed by atoms with Crippen LogP contribution in [0.5, 0.6) is 0 Å². The van der Waals surface area contributed by atoms with Gasteiger partial charge in [0.15, 0.2) is 11.5 Å². The smallest absolute Gasteiger partial charge is 0.280 e. The minimum Gasteiger partial charge on any atom is -0.280 e. The summed E-state index contributed by atoms with van der Waals surface area (Å²) in [6.07, 6.45) is -2.99. The molecule has 32 heavy (non-hydrogen) atoms. The number of carbonyl (C=O) groups excluding carboxylic acids is 1. The lowest BCUT2D eigenvalue weighted by molar-refractivity contribution is -0.137. The molecule has 0 aliphatic carbocycles. The molecule has 162 valence electrons. The molecule has 0 unspecified atom stereocenters. The maximum atomic E-state index is 12.9. The number of alkyl halides is 3. The summed E-state index contributed by atoms with van der Waals surface area (Å²) >= 11 is 3.34. The molecule has 0 atom stereocenters. The van der Waals surface area contributed by atoms with Crippen LogP contribution in [0.25, 0.3) is 16.9 Å². The van der Waals surface area contributed by atoms with Crippen LogP contribution in [-0.4, -0.2) is 31.1 Å². The maximum Gasteiger partial charge on any atom is 0.416 e. The first-order valence-corrected chi connectivity index (χ1v) is 9.85. The third-order valence-electron chi connectivity index (χ3n) is 4.27. The molecule has 1 amide bonds. The molecule has 4 aromatic rings. The lowest BCUT2D eigenvalue weighted by atomic mass is 10.1. The SMILES string of the molecule is O=C(NNc1ccc(-c2cccc(C(F)(F)F)c2)nn1)c1cn(-c2ccc(Br)cc2)nn1. The van der Waals surface area contributed by atoms with Gasteiger partial charge in [-0.15, -0.1) is 15.3 Å². The number of hydrogen-bond acceptors (Lipinski definition) is 6. The average molecular weight is 504 g/mol. The summed E-state index contributed by atoms with van der Waals surface area (Å²) in [7, 11) is 0. The predicted molar refractivity (Wildman–Crippen MR) is 113 cm³/mol. The van der Waals surface area contributed by atoms with Crippen molar-refractivity contribution in [2.75, 3.05) is 5.43 Å². The zero-order chi connectivity index (χ0) is 22.7. The van der Waals surface area contributed by atoms with Gasteiger partial charge in [0.05, 0.1) is 23.1 Å². The highest BCUT2D eigenvalue weighted by atomic mass is 79.9. The van der Waals surface area contributed by atoms with E-state index in [-0.39, 0.29) is 22.8 Å². The van der Waals surface area contributed by atoms with E-state index in [4.69, 9.17) is 0 Å². The van der Waals surface area contributed by atoms with Crippen LogP contribution in [0.3, 0.4) is 0 Å². The molecule has 0 aliphatic rings. The van der Waals surface area contributed by atoms with Gasteiger partial charge < -0.3 is 0 Å². The van der Waals surface area contributed by atoms with Gasteiger partial charge in [0, 0.05) is 10.0 Å². The first-order valence-electron chi connectivity index (χ1n) is 9.05. The zero-order valence-electron chi connectivity index (χ0n) is 16.0. The Kier molecular flexibility index (Phi) is 5.86. The molecule has 2 aromatic carbocycles. The van der Waals surface area contributed by atoms with Gasteiger partial charge in [-0.25, -0.2) is 4.68 Å². The van der Waals surface area contributed by atoms with Gasteiger partial charge in [0.2, 0.25) is 0 Å². The van der Waals surface area contributed by atoms with Crippen LogP contribution in [0.1, 0.15) is 16.1 Å². The highest BCUT2D eigenvalue weighted by Crippen LogP contribution is 2.31. The molecule has 0 bridgehead atoms. The Morgan fingerprint density at radius 2 is 1.75 bits per heavy atom. The topological polar surface area (TPSA) is 97.6 Å². The van der Waals surface area contributed by atoms with Crippen molar-refractivity contribution in [2.45, 2.75) is 6.18 Å². The van der Waals surface area contributed by atoms with Crippen LogP contribution in [-0.2, 0) is 6.18 Å². The zero-order valence-corrected chi connectivity index (χ0v) is 17.6. The summed E-state index contributed by atoms with van der Waals surface area (Å²) in [5.74, 6) is -0.369. The lowest BCUT2D eigenvalue weighted by Crippen LogP contribution is -2.30. The van der Waals surface area contributed by atoms with E-state index < -0.39 is 17.6 Å². The largest absolute Gasteiger partial charge is 0.416 e. The number of halogens is 4. The molecular weight excluding hydrogens is 491 g/mol. The Bertz CT molecular complexity index is 1240. The van der Waals surface area contributed by atoms with Crippen molar-refractivity contribution in [2.24, 2.45) is 0 Å². The quantitative estimate of drug-likeness (QED) is 0.395. The molecule has 0 radical (unpaired) electrons. The van der Waals surface area contributed by atoms with Gasteiger partial charge in [0.1, 0.15) is 0 Å². The van der Waals surface area contributed by atoms with E-state index in [9.17, 15) is 18.0 Å². The summed E-state index contributed by atoms with van der Waals surface area (Å²) in [6, 6.07) is 15.0. The molecular formula is C20H13BrF3N7O. The number of anilines is 1. The number of benzene rings is 2. The fourth-order valence-corrected chi connectivity index (χ4v) is 2.94. The summed E-state index contributed by atoms with van der Waals surface area (Å²) in [5, 5.41) is 15.5. The van der Waals surface area contributed by atoms with Gasteiger partial charge in [0.25, 0.3) is 5.91 Å². The predicted octanol–water partition coefficient (Wildman–Crippen LogP) is 4.26. The van der Waals surface area contributed by atoms with Crippen LogP contribution >= 0.6 is 15.9 Å². The van der Waals surface area contributed by atoms with E-state index in [1.165, 1.54) is 35.1 Å². The first kappa shape index (κ1) is 21.4. The van der Waals surface area contributed by atoms with E-state index in [1.807, 2.05) is 12.1 Å². The number of rotatable bonds is 5. The fraction of sp³-hybridized carbons (Fsp3) is 0.0500. The van der Waals surface area contributed by atoms with Gasteiger partial charge >= 0.3 is 6.18 Å². The molecule has 0 aliphatic heterocycles. The Morgan fingerprint density at radius 3 is 2.44 bits per heavy atom. The molecule has 2 aromatic heterocycles. The second kappa shape index (κ2) is 8.75. The number of carbonyl (C=O) groups is 1. The third kappa shape index (κ3) is 4.91. The number of nitrogens with one attached hydrogen (secondary N) is 2. The molecule has 0 saturated carbocycles. The highest BCUT2D eigenvalue weighted by Gasteiger charge is 2.30. The summed E-state index contributed by atoms with van der Waals surface area (Å²) in [5.41, 5.74) is 5.53. The van der Waals surface area contributed by atoms with E-state index in [0.29, 0.717) is 0 Å². The lowest BCUT2D eigenvalue weighted by Gasteiger charge is -2.09. The summed E-state index contributed by atoms with van der Waals surface area (Å²) < 4.78 is 41.0. The van der Waals surface area contributed by atoms with Crippen LogP contribution in [0, 0.1) is 0 Å². The van der Waals surface area contributed by atoms with E-state index in [0.717, 1.165) is 22.3 Å². The summed E-state index contributed by atoms with van der Waals surface area (Å²) in [6.45, 7) is 0. The van der Waals surface area contributed by atoms with Crippen LogP contribution in [0.2, 0.25) is 0 Å². The standard InChI is InChI=1S/C20H13BrF3N7O/c21-14-4-6-15(7-5-14)31-11-17(26-30-31)19(32)29-28-18-9-8-16(25-27-18)12-2-1-3-13(10-12)20(22,23)24/h1-11H,(H,27,28)(H,29,32). The van der Waals surface area contributed by atoms with Crippen LogP contribution < -0.4 is 10.9 Å². The second-order valence-electron chi connectivity index (χ2n) is 6.49. The van der Waals surface area contributed by atoms with Gasteiger partial charge in [-0.3, -0.25) is 15.6 Å². The van der Waals surface area contributed by atoms with Crippen molar-refractivity contribution in [3.63, 3.8) is 0 Å². The molecule has 8 nitrogen and oxygen atoms in total. The number of nitrogens with zero attached hydrogens (tertiary/aromatic N) is 5. The fourth-order valence-electron chi connectivity index (χ4n) is 2.68. The first-order chi connectivity index (χ1) is 15.3. The molecule has 0 saturated heterocycles. The van der Waals surface area contributed by atoms with E-state index >= 15 is 0 Å². The maximum absolute atomic E-state index is 12.9. The highest BCUT2D eigenvalue weighted by molar-refractivity contribution is 9.10. The number of hydrazine groups is 1. The minimum absolute atomic E-state index is 0.0639.